The molecule has 0 atom stereocenters. The van der Waals surface area contributed by atoms with E-state index in [2.05, 4.69) is 5.10 Å². The third kappa shape index (κ3) is 2.17. The van der Waals surface area contributed by atoms with E-state index in [0.29, 0.717) is 0 Å². The van der Waals surface area contributed by atoms with Crippen molar-refractivity contribution in [3.05, 3.63) is 46.2 Å². The maximum Gasteiger partial charge on any atom is 0.416 e. The van der Waals surface area contributed by atoms with Crippen molar-refractivity contribution in [3.8, 4) is 5.69 Å². The highest BCUT2D eigenvalue weighted by molar-refractivity contribution is 5.38. The van der Waals surface area contributed by atoms with E-state index in [1.807, 2.05) is 0 Å². The number of nitrogen functional groups attached to an aromatic ring is 1. The van der Waals surface area contributed by atoms with Crippen LogP contribution in [0.4, 0.5) is 19.0 Å². The van der Waals surface area contributed by atoms with E-state index < -0.39 is 17.3 Å². The number of alkyl halides is 3. The molecule has 0 aliphatic rings. The van der Waals surface area contributed by atoms with Crippen LogP contribution in [-0.2, 0) is 6.18 Å². The van der Waals surface area contributed by atoms with E-state index in [9.17, 15) is 18.0 Å². The quantitative estimate of drug-likeness (QED) is 0.801. The fourth-order valence-corrected chi connectivity index (χ4v) is 1.43. The minimum atomic E-state index is -4.45. The molecule has 2 aromatic rings. The average molecular weight is 243 g/mol. The van der Waals surface area contributed by atoms with Gasteiger partial charge in [0.25, 0.3) is 5.56 Å². The molecule has 1 aromatic carbocycles. The third-order valence-corrected chi connectivity index (χ3v) is 2.17. The fraction of sp³-hybridized carbons (Fsp3) is 0.100. The molecule has 0 bridgehead atoms. The number of anilines is 1. The Morgan fingerprint density at radius 1 is 1.24 bits per heavy atom. The van der Waals surface area contributed by atoms with Gasteiger partial charge in [0.05, 0.1) is 11.3 Å². The number of nitrogens with two attached hydrogens (primary N) is 1. The Bertz CT molecular complexity index is 597. The van der Waals surface area contributed by atoms with Crippen molar-refractivity contribution < 1.29 is 13.2 Å². The lowest BCUT2D eigenvalue weighted by molar-refractivity contribution is -0.137. The summed E-state index contributed by atoms with van der Waals surface area (Å²) in [5, 5.41) is 2.45. The SMILES string of the molecule is Nc1cc(=O)n(-c2cccc(C(F)(F)F)c2)[nH]1. The van der Waals surface area contributed by atoms with Crippen LogP contribution in [0.25, 0.3) is 5.69 Å². The van der Waals surface area contributed by atoms with Gasteiger partial charge in [0.1, 0.15) is 5.82 Å². The summed E-state index contributed by atoms with van der Waals surface area (Å²) >= 11 is 0. The van der Waals surface area contributed by atoms with Crippen molar-refractivity contribution in [1.82, 2.24) is 9.78 Å². The predicted molar refractivity (Wildman–Crippen MR) is 55.8 cm³/mol. The summed E-state index contributed by atoms with van der Waals surface area (Å²) in [5.74, 6) is 0.0902. The molecule has 17 heavy (non-hydrogen) atoms. The first kappa shape index (κ1) is 11.3. The number of hydrogen-bond donors (Lipinski definition) is 2. The minimum Gasteiger partial charge on any atom is -0.384 e. The van der Waals surface area contributed by atoms with Crippen LogP contribution in [0.1, 0.15) is 5.56 Å². The summed E-state index contributed by atoms with van der Waals surface area (Å²) in [7, 11) is 0. The van der Waals surface area contributed by atoms with E-state index in [1.54, 1.807) is 0 Å². The predicted octanol–water partition coefficient (Wildman–Crippen LogP) is 1.77. The van der Waals surface area contributed by atoms with Crippen LogP contribution in [-0.4, -0.2) is 9.78 Å². The van der Waals surface area contributed by atoms with Crippen LogP contribution in [0.5, 0.6) is 0 Å². The second kappa shape index (κ2) is 3.69. The normalized spacial score (nSPS) is 11.7. The first-order chi connectivity index (χ1) is 7.88. The molecule has 1 heterocycles. The van der Waals surface area contributed by atoms with Crippen molar-refractivity contribution in [2.75, 3.05) is 5.73 Å². The lowest BCUT2D eigenvalue weighted by Crippen LogP contribution is -2.14. The Morgan fingerprint density at radius 2 is 1.94 bits per heavy atom. The Morgan fingerprint density at radius 3 is 2.47 bits per heavy atom. The summed E-state index contributed by atoms with van der Waals surface area (Å²) in [5.41, 5.74) is 4.09. The van der Waals surface area contributed by atoms with Gasteiger partial charge >= 0.3 is 6.18 Å². The lowest BCUT2D eigenvalue weighted by Gasteiger charge is -2.08. The standard InChI is InChI=1S/C10H8F3N3O/c11-10(12,13)6-2-1-3-7(4-6)16-9(17)5-8(14)15-16/h1-5,15H,14H2. The third-order valence-electron chi connectivity index (χ3n) is 2.17. The molecule has 3 N–H and O–H groups in total. The van der Waals surface area contributed by atoms with Gasteiger partial charge in [0.2, 0.25) is 0 Å². The van der Waals surface area contributed by atoms with Crippen LogP contribution >= 0.6 is 0 Å². The highest BCUT2D eigenvalue weighted by atomic mass is 19.4. The van der Waals surface area contributed by atoms with Crippen LogP contribution in [0, 0.1) is 0 Å². The van der Waals surface area contributed by atoms with Crippen LogP contribution in [0.3, 0.4) is 0 Å². The van der Waals surface area contributed by atoms with E-state index in [1.165, 1.54) is 12.1 Å². The molecule has 0 saturated carbocycles. The molecular weight excluding hydrogens is 235 g/mol. The summed E-state index contributed by atoms with van der Waals surface area (Å²) in [6.07, 6.45) is -4.45. The average Bonchev–Trinajstić information content (AvgIpc) is 2.57. The van der Waals surface area contributed by atoms with Crippen molar-refractivity contribution in [2.45, 2.75) is 6.18 Å². The van der Waals surface area contributed by atoms with Crippen LogP contribution in [0.15, 0.2) is 35.1 Å². The van der Waals surface area contributed by atoms with Gasteiger partial charge in [-0.25, -0.2) is 4.68 Å². The van der Waals surface area contributed by atoms with Gasteiger partial charge in [0, 0.05) is 6.07 Å². The molecule has 0 saturated heterocycles. The smallest absolute Gasteiger partial charge is 0.384 e. The molecule has 0 spiro atoms. The summed E-state index contributed by atoms with van der Waals surface area (Å²) in [4.78, 5) is 11.4. The number of halogens is 3. The molecule has 90 valence electrons. The molecule has 0 aliphatic carbocycles. The second-order valence-corrected chi connectivity index (χ2v) is 3.43. The van der Waals surface area contributed by atoms with Crippen molar-refractivity contribution >= 4 is 5.82 Å². The first-order valence-electron chi connectivity index (χ1n) is 4.63. The summed E-state index contributed by atoms with van der Waals surface area (Å²) in [6, 6.07) is 5.51. The molecule has 0 unspecified atom stereocenters. The van der Waals surface area contributed by atoms with Gasteiger partial charge in [-0.3, -0.25) is 9.89 Å². The Labute approximate surface area is 93.5 Å². The first-order valence-corrected chi connectivity index (χ1v) is 4.63. The molecular formula is C10H8F3N3O. The van der Waals surface area contributed by atoms with Gasteiger partial charge in [-0.15, -0.1) is 0 Å². The number of benzene rings is 1. The molecule has 0 fully saturated rings. The van der Waals surface area contributed by atoms with Gasteiger partial charge in [-0.05, 0) is 18.2 Å². The monoisotopic (exact) mass is 243 g/mol. The lowest BCUT2D eigenvalue weighted by atomic mass is 10.2. The number of nitrogens with zero attached hydrogens (tertiary/aromatic N) is 1. The van der Waals surface area contributed by atoms with Gasteiger partial charge in [-0.1, -0.05) is 6.07 Å². The van der Waals surface area contributed by atoms with Gasteiger partial charge < -0.3 is 5.73 Å². The second-order valence-electron chi connectivity index (χ2n) is 3.43. The fourth-order valence-electron chi connectivity index (χ4n) is 1.43. The number of hydrogen-bond acceptors (Lipinski definition) is 2. The zero-order chi connectivity index (χ0) is 12.6. The van der Waals surface area contributed by atoms with Gasteiger partial charge in [0.15, 0.2) is 0 Å². The Hall–Kier alpha value is -2.18. The van der Waals surface area contributed by atoms with E-state index >= 15 is 0 Å². The number of aromatic amines is 1. The minimum absolute atomic E-state index is 0.0847. The number of aromatic nitrogens is 2. The molecule has 0 radical (unpaired) electrons. The number of nitrogens with one attached hydrogen (secondary N) is 1. The largest absolute Gasteiger partial charge is 0.416 e. The molecule has 1 aromatic heterocycles. The van der Waals surface area contributed by atoms with E-state index in [-0.39, 0.29) is 11.5 Å². The van der Waals surface area contributed by atoms with Gasteiger partial charge in [-0.2, -0.15) is 13.2 Å². The Balaban J connectivity index is 2.54. The topological polar surface area (TPSA) is 63.8 Å². The van der Waals surface area contributed by atoms with Crippen molar-refractivity contribution in [2.24, 2.45) is 0 Å². The highest BCUT2D eigenvalue weighted by Gasteiger charge is 2.30. The van der Waals surface area contributed by atoms with E-state index in [0.717, 1.165) is 22.9 Å². The molecule has 0 aliphatic heterocycles. The van der Waals surface area contributed by atoms with Crippen LogP contribution in [0.2, 0.25) is 0 Å². The summed E-state index contributed by atoms with van der Waals surface area (Å²) in [6.45, 7) is 0. The zero-order valence-corrected chi connectivity index (χ0v) is 8.45. The molecule has 4 nitrogen and oxygen atoms in total. The molecule has 0 amide bonds. The highest BCUT2D eigenvalue weighted by Crippen LogP contribution is 2.29. The van der Waals surface area contributed by atoms with Crippen molar-refractivity contribution in [3.63, 3.8) is 0 Å². The van der Waals surface area contributed by atoms with E-state index in [4.69, 9.17) is 5.73 Å². The Kier molecular flexibility index (Phi) is 2.45. The molecule has 7 heteroatoms. The van der Waals surface area contributed by atoms with Crippen molar-refractivity contribution in [1.29, 1.82) is 0 Å². The maximum atomic E-state index is 12.5. The number of rotatable bonds is 1. The zero-order valence-electron chi connectivity index (χ0n) is 8.45. The maximum absolute atomic E-state index is 12.5. The summed E-state index contributed by atoms with van der Waals surface area (Å²) < 4.78 is 38.4. The number of H-pyrrole nitrogens is 1. The molecule has 2 rings (SSSR count). The van der Waals surface area contributed by atoms with Crippen LogP contribution < -0.4 is 11.3 Å².